The van der Waals surface area contributed by atoms with E-state index in [0.717, 1.165) is 64.3 Å². The fraction of sp³-hybridized carbons (Fsp3) is 1.00. The SMILES string of the molecule is CCCNC1CCCC(S(=O)(=O)C2CCCCC2)C1. The van der Waals surface area contributed by atoms with Crippen LogP contribution < -0.4 is 5.32 Å². The van der Waals surface area contributed by atoms with E-state index in [1.165, 1.54) is 6.42 Å². The van der Waals surface area contributed by atoms with E-state index < -0.39 is 9.84 Å². The van der Waals surface area contributed by atoms with Crippen LogP contribution in [-0.4, -0.2) is 31.5 Å². The van der Waals surface area contributed by atoms with Gasteiger partial charge in [-0.25, -0.2) is 8.42 Å². The maximum absolute atomic E-state index is 12.7. The van der Waals surface area contributed by atoms with Crippen molar-refractivity contribution < 1.29 is 8.42 Å². The largest absolute Gasteiger partial charge is 0.314 e. The van der Waals surface area contributed by atoms with Crippen molar-refractivity contribution >= 4 is 9.84 Å². The zero-order valence-corrected chi connectivity index (χ0v) is 13.1. The third-order valence-electron chi connectivity index (χ3n) is 4.79. The Morgan fingerprint density at radius 3 is 2.32 bits per heavy atom. The molecular weight excluding hydrogens is 258 g/mol. The lowest BCUT2D eigenvalue weighted by atomic mass is 9.95. The minimum atomic E-state index is -2.88. The summed E-state index contributed by atoms with van der Waals surface area (Å²) in [5.74, 6) is 0. The number of rotatable bonds is 5. The fourth-order valence-corrected chi connectivity index (χ4v) is 6.17. The summed E-state index contributed by atoms with van der Waals surface area (Å²) in [5, 5.41) is 3.41. The van der Waals surface area contributed by atoms with Gasteiger partial charge in [0.25, 0.3) is 0 Å². The van der Waals surface area contributed by atoms with Crippen molar-refractivity contribution in [2.75, 3.05) is 6.54 Å². The minimum absolute atomic E-state index is 0.0313. The molecule has 3 nitrogen and oxygen atoms in total. The van der Waals surface area contributed by atoms with Gasteiger partial charge in [-0.05, 0) is 45.1 Å². The molecular formula is C15H29NO2S. The summed E-state index contributed by atoms with van der Waals surface area (Å²) in [6, 6.07) is 0.428. The van der Waals surface area contributed by atoms with Gasteiger partial charge in [0.15, 0.2) is 9.84 Å². The van der Waals surface area contributed by atoms with Crippen LogP contribution in [0.5, 0.6) is 0 Å². The summed E-state index contributed by atoms with van der Waals surface area (Å²) in [5.41, 5.74) is 0. The van der Waals surface area contributed by atoms with Crippen LogP contribution in [0.25, 0.3) is 0 Å². The fourth-order valence-electron chi connectivity index (χ4n) is 3.64. The predicted molar refractivity (Wildman–Crippen MR) is 80.1 cm³/mol. The third kappa shape index (κ3) is 3.94. The summed E-state index contributed by atoms with van der Waals surface area (Å²) < 4.78 is 25.5. The minimum Gasteiger partial charge on any atom is -0.314 e. The van der Waals surface area contributed by atoms with Crippen LogP contribution in [0.4, 0.5) is 0 Å². The first kappa shape index (κ1) is 15.3. The Labute approximate surface area is 118 Å². The Morgan fingerprint density at radius 1 is 0.947 bits per heavy atom. The highest BCUT2D eigenvalue weighted by atomic mass is 32.2. The Bertz CT molecular complexity index is 360. The van der Waals surface area contributed by atoms with Gasteiger partial charge in [-0.3, -0.25) is 0 Å². The monoisotopic (exact) mass is 287 g/mol. The summed E-state index contributed by atoms with van der Waals surface area (Å²) >= 11 is 0. The first-order valence-corrected chi connectivity index (χ1v) is 9.71. The molecule has 0 amide bonds. The van der Waals surface area contributed by atoms with Gasteiger partial charge in [-0.1, -0.05) is 32.6 Å². The lowest BCUT2D eigenvalue weighted by Gasteiger charge is -2.33. The molecule has 2 rings (SSSR count). The first-order valence-electron chi connectivity index (χ1n) is 8.10. The van der Waals surface area contributed by atoms with Crippen molar-refractivity contribution in [1.82, 2.24) is 5.32 Å². The van der Waals surface area contributed by atoms with Crippen molar-refractivity contribution in [3.8, 4) is 0 Å². The molecule has 0 aliphatic heterocycles. The Hall–Kier alpha value is -0.0900. The molecule has 0 bridgehead atoms. The molecule has 112 valence electrons. The lowest BCUT2D eigenvalue weighted by Crippen LogP contribution is -2.42. The van der Waals surface area contributed by atoms with Crippen LogP contribution in [-0.2, 0) is 9.84 Å². The van der Waals surface area contributed by atoms with E-state index in [1.54, 1.807) is 0 Å². The Kier molecular flexibility index (Phi) is 5.70. The number of sulfone groups is 1. The molecule has 2 aliphatic carbocycles. The second kappa shape index (κ2) is 7.07. The number of hydrogen-bond acceptors (Lipinski definition) is 3. The van der Waals surface area contributed by atoms with Crippen LogP contribution in [0, 0.1) is 0 Å². The maximum Gasteiger partial charge on any atom is 0.156 e. The summed E-state index contributed by atoms with van der Waals surface area (Å²) in [4.78, 5) is 0. The molecule has 0 aromatic heterocycles. The molecule has 0 radical (unpaired) electrons. The van der Waals surface area contributed by atoms with E-state index in [0.29, 0.717) is 6.04 Å². The van der Waals surface area contributed by atoms with Crippen LogP contribution in [0.3, 0.4) is 0 Å². The standard InChI is InChI=1S/C15H29NO2S/c1-2-11-16-13-7-6-10-15(12-13)19(17,18)14-8-4-3-5-9-14/h13-16H,2-12H2,1H3. The molecule has 0 aromatic carbocycles. The highest BCUT2D eigenvalue weighted by Gasteiger charge is 2.37. The Balaban J connectivity index is 1.95. The molecule has 1 N–H and O–H groups in total. The molecule has 0 saturated heterocycles. The van der Waals surface area contributed by atoms with Gasteiger partial charge in [0.2, 0.25) is 0 Å². The van der Waals surface area contributed by atoms with E-state index in [4.69, 9.17) is 0 Å². The third-order valence-corrected chi connectivity index (χ3v) is 7.55. The average Bonchev–Trinajstić information content (AvgIpc) is 2.46. The highest BCUT2D eigenvalue weighted by Crippen LogP contribution is 2.32. The van der Waals surface area contributed by atoms with Gasteiger partial charge < -0.3 is 5.32 Å². The zero-order valence-electron chi connectivity index (χ0n) is 12.2. The number of nitrogens with one attached hydrogen (secondary N) is 1. The molecule has 19 heavy (non-hydrogen) atoms. The molecule has 2 unspecified atom stereocenters. The first-order chi connectivity index (χ1) is 9.14. The molecule has 0 aromatic rings. The quantitative estimate of drug-likeness (QED) is 0.845. The van der Waals surface area contributed by atoms with E-state index in [-0.39, 0.29) is 10.5 Å². The van der Waals surface area contributed by atoms with E-state index in [9.17, 15) is 8.42 Å². The molecule has 4 heteroatoms. The second-order valence-electron chi connectivity index (χ2n) is 6.29. The lowest BCUT2D eigenvalue weighted by molar-refractivity contribution is 0.367. The highest BCUT2D eigenvalue weighted by molar-refractivity contribution is 7.92. The predicted octanol–water partition coefficient (Wildman–Crippen LogP) is 3.04. The number of hydrogen-bond donors (Lipinski definition) is 1. The van der Waals surface area contributed by atoms with Crippen LogP contribution in [0.1, 0.15) is 71.1 Å². The van der Waals surface area contributed by atoms with E-state index >= 15 is 0 Å². The molecule has 2 aliphatic rings. The maximum atomic E-state index is 12.7. The van der Waals surface area contributed by atoms with Gasteiger partial charge in [-0.15, -0.1) is 0 Å². The molecule has 2 fully saturated rings. The van der Waals surface area contributed by atoms with Crippen LogP contribution in [0.15, 0.2) is 0 Å². The van der Waals surface area contributed by atoms with Gasteiger partial charge in [0.1, 0.15) is 0 Å². The molecule has 0 spiro atoms. The zero-order chi connectivity index (χ0) is 13.7. The van der Waals surface area contributed by atoms with Crippen molar-refractivity contribution in [2.24, 2.45) is 0 Å². The van der Waals surface area contributed by atoms with Gasteiger partial charge >= 0.3 is 0 Å². The van der Waals surface area contributed by atoms with E-state index in [1.807, 2.05) is 0 Å². The van der Waals surface area contributed by atoms with Crippen molar-refractivity contribution in [3.63, 3.8) is 0 Å². The summed E-state index contributed by atoms with van der Waals surface area (Å²) in [6.45, 7) is 3.17. The van der Waals surface area contributed by atoms with Crippen molar-refractivity contribution in [1.29, 1.82) is 0 Å². The summed E-state index contributed by atoms with van der Waals surface area (Å²) in [6.07, 6.45) is 10.3. The van der Waals surface area contributed by atoms with Crippen molar-refractivity contribution in [2.45, 2.75) is 87.7 Å². The van der Waals surface area contributed by atoms with Gasteiger partial charge in [-0.2, -0.15) is 0 Å². The average molecular weight is 287 g/mol. The van der Waals surface area contributed by atoms with Gasteiger partial charge in [0.05, 0.1) is 10.5 Å². The Morgan fingerprint density at radius 2 is 1.63 bits per heavy atom. The van der Waals surface area contributed by atoms with Crippen LogP contribution in [0.2, 0.25) is 0 Å². The molecule has 2 atom stereocenters. The van der Waals surface area contributed by atoms with Crippen molar-refractivity contribution in [3.05, 3.63) is 0 Å². The van der Waals surface area contributed by atoms with E-state index in [2.05, 4.69) is 12.2 Å². The van der Waals surface area contributed by atoms with Crippen LogP contribution >= 0.6 is 0 Å². The smallest absolute Gasteiger partial charge is 0.156 e. The van der Waals surface area contributed by atoms with Gasteiger partial charge in [0, 0.05) is 6.04 Å². The molecule has 0 heterocycles. The second-order valence-corrected chi connectivity index (χ2v) is 8.80. The molecule has 2 saturated carbocycles. The summed E-state index contributed by atoms with van der Waals surface area (Å²) in [7, 11) is -2.88. The normalized spacial score (nSPS) is 30.4. The topological polar surface area (TPSA) is 46.2 Å².